The summed E-state index contributed by atoms with van der Waals surface area (Å²) in [7, 11) is 1.65. The van der Waals surface area contributed by atoms with Crippen molar-refractivity contribution in [3.05, 3.63) is 51.2 Å². The maximum Gasteiger partial charge on any atom is 0.340 e. The number of hydrogen-bond acceptors (Lipinski definition) is 5. The van der Waals surface area contributed by atoms with Crippen LogP contribution in [0.2, 0.25) is 0 Å². The van der Waals surface area contributed by atoms with Crippen LogP contribution >= 0.6 is 11.5 Å². The van der Waals surface area contributed by atoms with Crippen molar-refractivity contribution in [3.8, 4) is 0 Å². The van der Waals surface area contributed by atoms with Crippen LogP contribution in [0.5, 0.6) is 0 Å². The van der Waals surface area contributed by atoms with Gasteiger partial charge in [-0.1, -0.05) is 30.3 Å². The van der Waals surface area contributed by atoms with E-state index in [9.17, 15) is 9.59 Å². The largest absolute Gasteiger partial charge is 0.465 e. The third-order valence-electron chi connectivity index (χ3n) is 2.78. The van der Waals surface area contributed by atoms with Crippen LogP contribution in [0, 0.1) is 0 Å². The van der Waals surface area contributed by atoms with E-state index in [0.717, 1.165) is 5.56 Å². The second-order valence-electron chi connectivity index (χ2n) is 4.35. The van der Waals surface area contributed by atoms with Gasteiger partial charge < -0.3 is 4.74 Å². The van der Waals surface area contributed by atoms with E-state index in [4.69, 9.17) is 4.74 Å². The second kappa shape index (κ2) is 7.03. The lowest BCUT2D eigenvalue weighted by Gasteiger charge is -2.01. The van der Waals surface area contributed by atoms with Gasteiger partial charge in [-0.25, -0.2) is 8.75 Å². The first-order chi connectivity index (χ1) is 10.1. The molecular formula is C14H17N3O3S. The number of carbonyl (C=O) groups is 1. The lowest BCUT2D eigenvalue weighted by Crippen LogP contribution is -2.32. The minimum atomic E-state index is -0.436. The molecule has 0 atom stereocenters. The van der Waals surface area contributed by atoms with Gasteiger partial charge in [0.1, 0.15) is 6.54 Å². The van der Waals surface area contributed by atoms with Gasteiger partial charge in [0, 0.05) is 7.05 Å². The summed E-state index contributed by atoms with van der Waals surface area (Å²) in [6.45, 7) is 2.37. The number of hydrogen-bond donors (Lipinski definition) is 0. The zero-order valence-electron chi connectivity index (χ0n) is 12.0. The summed E-state index contributed by atoms with van der Waals surface area (Å²) >= 11 is 1.21. The highest BCUT2D eigenvalue weighted by molar-refractivity contribution is 7.03. The average molecular weight is 307 g/mol. The molecule has 2 aromatic rings. The topological polar surface area (TPSA) is 65.6 Å². The highest BCUT2D eigenvalue weighted by Gasteiger charge is 2.11. The molecule has 0 saturated heterocycles. The van der Waals surface area contributed by atoms with Crippen LogP contribution in [-0.4, -0.2) is 21.1 Å². The Hall–Kier alpha value is -2.15. The predicted octanol–water partition coefficient (Wildman–Crippen LogP) is 0.912. The summed E-state index contributed by atoms with van der Waals surface area (Å²) < 4.78 is 7.67. The highest BCUT2D eigenvalue weighted by Crippen LogP contribution is 1.99. The number of ether oxygens (including phenoxy) is 1. The van der Waals surface area contributed by atoms with Crippen LogP contribution in [0.25, 0.3) is 0 Å². The first-order valence-corrected chi connectivity index (χ1v) is 7.36. The molecule has 112 valence electrons. The number of esters is 1. The van der Waals surface area contributed by atoms with E-state index in [0.29, 0.717) is 18.0 Å². The van der Waals surface area contributed by atoms with E-state index in [-0.39, 0.29) is 12.2 Å². The quantitative estimate of drug-likeness (QED) is 0.771. The van der Waals surface area contributed by atoms with Gasteiger partial charge in [-0.2, -0.15) is 0 Å². The molecule has 0 aliphatic heterocycles. The van der Waals surface area contributed by atoms with E-state index in [1.807, 2.05) is 30.3 Å². The van der Waals surface area contributed by atoms with Crippen LogP contribution in [0.4, 0.5) is 0 Å². The normalized spacial score (nSPS) is 11.6. The molecular weight excluding hydrogens is 290 g/mol. The van der Waals surface area contributed by atoms with Gasteiger partial charge in [0.2, 0.25) is 4.80 Å². The first-order valence-electron chi connectivity index (χ1n) is 6.59. The monoisotopic (exact) mass is 307 g/mol. The Morgan fingerprint density at radius 2 is 2.05 bits per heavy atom. The number of benzene rings is 1. The summed E-state index contributed by atoms with van der Waals surface area (Å²) in [5, 5.41) is 0. The molecule has 0 aliphatic rings. The third kappa shape index (κ3) is 3.91. The Labute approximate surface area is 126 Å². The van der Waals surface area contributed by atoms with Crippen molar-refractivity contribution in [1.82, 2.24) is 8.52 Å². The molecule has 0 fully saturated rings. The number of carbonyl (C=O) groups excluding carboxylic acids is 1. The van der Waals surface area contributed by atoms with Gasteiger partial charge in [0.05, 0.1) is 13.2 Å². The lowest BCUT2D eigenvalue weighted by molar-refractivity contribution is -0.143. The van der Waals surface area contributed by atoms with Crippen LogP contribution in [0.15, 0.2) is 40.1 Å². The summed E-state index contributed by atoms with van der Waals surface area (Å²) in [5.74, 6) is -0.436. The van der Waals surface area contributed by atoms with E-state index in [1.165, 1.54) is 20.1 Å². The van der Waals surface area contributed by atoms with Gasteiger partial charge in [-0.05, 0) is 24.0 Å². The minimum absolute atomic E-state index is 0.113. The fourth-order valence-corrected chi connectivity index (χ4v) is 2.58. The molecule has 1 aromatic carbocycles. The molecule has 0 radical (unpaired) electrons. The Balaban J connectivity index is 2.29. The van der Waals surface area contributed by atoms with Gasteiger partial charge in [0.15, 0.2) is 0 Å². The Morgan fingerprint density at radius 3 is 2.71 bits per heavy atom. The van der Waals surface area contributed by atoms with Crippen molar-refractivity contribution in [2.45, 2.75) is 20.0 Å². The maximum absolute atomic E-state index is 12.0. The summed E-state index contributed by atoms with van der Waals surface area (Å²) in [4.78, 5) is 28.5. The molecule has 21 heavy (non-hydrogen) atoms. The van der Waals surface area contributed by atoms with Crippen molar-refractivity contribution in [3.63, 3.8) is 0 Å². The molecule has 2 rings (SSSR count). The Kier molecular flexibility index (Phi) is 5.10. The smallest absolute Gasteiger partial charge is 0.340 e. The van der Waals surface area contributed by atoms with E-state index < -0.39 is 5.97 Å². The Bertz CT molecular complexity index is 728. The fraction of sp³-hybridized carbons (Fsp3) is 0.357. The van der Waals surface area contributed by atoms with Crippen LogP contribution in [0.1, 0.15) is 12.5 Å². The van der Waals surface area contributed by atoms with Gasteiger partial charge >= 0.3 is 11.7 Å². The van der Waals surface area contributed by atoms with E-state index in [2.05, 4.69) is 4.99 Å². The molecule has 1 aromatic heterocycles. The zero-order valence-corrected chi connectivity index (χ0v) is 12.8. The summed E-state index contributed by atoms with van der Waals surface area (Å²) in [6, 6.07) is 9.73. The van der Waals surface area contributed by atoms with E-state index >= 15 is 0 Å². The zero-order chi connectivity index (χ0) is 15.2. The van der Waals surface area contributed by atoms with Crippen molar-refractivity contribution >= 4 is 17.5 Å². The van der Waals surface area contributed by atoms with Gasteiger partial charge in [-0.15, -0.1) is 0 Å². The van der Waals surface area contributed by atoms with Crippen molar-refractivity contribution in [2.75, 3.05) is 6.61 Å². The SMILES string of the molecule is CCOC(=O)Cn1c(=NCc2ccccc2)sn(C)c1=O. The standard InChI is InChI=1S/C14H17N3O3S/c1-3-20-12(18)10-17-13(21-16(2)14(17)19)15-9-11-7-5-4-6-8-11/h4-8H,3,9-10H2,1-2H3. The number of rotatable bonds is 5. The third-order valence-corrected chi connectivity index (χ3v) is 3.72. The fourth-order valence-electron chi connectivity index (χ4n) is 1.79. The van der Waals surface area contributed by atoms with Crippen LogP contribution < -0.4 is 10.5 Å². The molecule has 0 spiro atoms. The molecule has 0 aliphatic carbocycles. The Morgan fingerprint density at radius 1 is 1.33 bits per heavy atom. The molecule has 0 bridgehead atoms. The molecule has 7 heteroatoms. The minimum Gasteiger partial charge on any atom is -0.465 e. The average Bonchev–Trinajstić information content (AvgIpc) is 2.74. The molecule has 1 heterocycles. The van der Waals surface area contributed by atoms with E-state index in [1.54, 1.807) is 14.0 Å². The first kappa shape index (κ1) is 15.2. The number of aryl methyl sites for hydroxylation is 1. The summed E-state index contributed by atoms with van der Waals surface area (Å²) in [5.41, 5.74) is 0.781. The van der Waals surface area contributed by atoms with Crippen molar-refractivity contribution < 1.29 is 9.53 Å². The number of aromatic nitrogens is 2. The summed E-state index contributed by atoms with van der Waals surface area (Å²) in [6.07, 6.45) is 0. The highest BCUT2D eigenvalue weighted by atomic mass is 32.1. The molecule has 0 N–H and O–H groups in total. The number of nitrogens with zero attached hydrogens (tertiary/aromatic N) is 3. The van der Waals surface area contributed by atoms with Crippen LogP contribution in [-0.2, 0) is 29.7 Å². The lowest BCUT2D eigenvalue weighted by atomic mass is 10.2. The van der Waals surface area contributed by atoms with Gasteiger partial charge in [-0.3, -0.25) is 14.4 Å². The predicted molar refractivity (Wildman–Crippen MR) is 79.9 cm³/mol. The molecule has 0 saturated carbocycles. The van der Waals surface area contributed by atoms with Crippen molar-refractivity contribution in [1.29, 1.82) is 0 Å². The molecule has 0 unspecified atom stereocenters. The van der Waals surface area contributed by atoms with Gasteiger partial charge in [0.25, 0.3) is 0 Å². The second-order valence-corrected chi connectivity index (χ2v) is 5.44. The molecule has 6 nitrogen and oxygen atoms in total. The van der Waals surface area contributed by atoms with Crippen molar-refractivity contribution in [2.24, 2.45) is 12.0 Å². The molecule has 0 amide bonds. The van der Waals surface area contributed by atoms with Crippen LogP contribution in [0.3, 0.4) is 0 Å². The maximum atomic E-state index is 12.0.